The van der Waals surface area contributed by atoms with E-state index in [0.717, 1.165) is 17.1 Å². The molecule has 1 saturated heterocycles. The van der Waals surface area contributed by atoms with Crippen molar-refractivity contribution in [1.82, 2.24) is 4.57 Å². The predicted molar refractivity (Wildman–Crippen MR) is 88.9 cm³/mol. The van der Waals surface area contributed by atoms with Gasteiger partial charge in [-0.3, -0.25) is 0 Å². The molecule has 0 N–H and O–H groups in total. The van der Waals surface area contributed by atoms with Crippen molar-refractivity contribution >= 4 is 21.7 Å². The Kier molecular flexibility index (Phi) is 4.91. The van der Waals surface area contributed by atoms with Crippen LogP contribution in [0.2, 0.25) is 5.02 Å². The minimum atomic E-state index is -3.92. The molecular formula is C16H19ClN2O5S. The van der Waals surface area contributed by atoms with Crippen molar-refractivity contribution in [2.45, 2.75) is 24.9 Å². The van der Waals surface area contributed by atoms with Crippen LogP contribution in [0.3, 0.4) is 0 Å². The molecule has 2 bridgehead atoms. The van der Waals surface area contributed by atoms with Crippen LogP contribution in [0.5, 0.6) is 0 Å². The molecule has 2 aliphatic rings. The average molecular weight is 387 g/mol. The molecule has 1 aromatic heterocycles. The molecular weight excluding hydrogens is 368 g/mol. The molecule has 7 nitrogen and oxygen atoms in total. The minimum absolute atomic E-state index is 0.0966. The number of fused-ring (bicyclic) bond motifs is 3. The zero-order chi connectivity index (χ0) is 18.2. The Bertz CT molecular complexity index is 857. The Hall–Kier alpha value is -1.45. The molecule has 0 saturated carbocycles. The summed E-state index contributed by atoms with van der Waals surface area (Å²) in [5.41, 5.74) is 1.03. The quantitative estimate of drug-likeness (QED) is 0.538. The van der Waals surface area contributed by atoms with Gasteiger partial charge in [-0.2, -0.15) is 0 Å². The fourth-order valence-electron chi connectivity index (χ4n) is 3.08. The van der Waals surface area contributed by atoms with Crippen molar-refractivity contribution in [3.8, 4) is 0 Å². The summed E-state index contributed by atoms with van der Waals surface area (Å²) in [6.45, 7) is 1.47. The van der Waals surface area contributed by atoms with Crippen LogP contribution in [0.4, 0.5) is 0 Å². The van der Waals surface area contributed by atoms with Crippen LogP contribution >= 0.6 is 11.6 Å². The van der Waals surface area contributed by atoms with Crippen molar-refractivity contribution in [1.29, 1.82) is 0 Å². The molecule has 2 aliphatic heterocycles. The van der Waals surface area contributed by atoms with Crippen molar-refractivity contribution < 1.29 is 27.0 Å². The number of aryl methyl sites for hydroxylation is 1. The first-order valence-corrected chi connectivity index (χ1v) is 9.88. The molecule has 3 heterocycles. The number of nitrogens with zero attached hydrogens (tertiary/aromatic N) is 2. The van der Waals surface area contributed by atoms with E-state index in [2.05, 4.69) is 28.6 Å². The highest BCUT2D eigenvalue weighted by Crippen LogP contribution is 2.39. The molecule has 2 aromatic rings. The lowest BCUT2D eigenvalue weighted by Gasteiger charge is -2.26. The maximum atomic E-state index is 9.08. The second kappa shape index (κ2) is 6.69. The summed E-state index contributed by atoms with van der Waals surface area (Å²) in [5.74, 6) is 0.529. The fraction of sp³-hybridized carbons (Fsp3) is 0.438. The third-order valence-corrected chi connectivity index (χ3v) is 4.40. The Balaban J connectivity index is 0.000000324. The topological polar surface area (TPSA) is 84.5 Å². The van der Waals surface area contributed by atoms with Crippen LogP contribution in [0.15, 0.2) is 36.7 Å². The van der Waals surface area contributed by atoms with Crippen LogP contribution in [0.1, 0.15) is 11.4 Å². The summed E-state index contributed by atoms with van der Waals surface area (Å²) < 4.78 is 43.9. The zero-order valence-corrected chi connectivity index (χ0v) is 15.5. The normalized spacial score (nSPS) is 24.9. The number of aromatic nitrogens is 2. The van der Waals surface area contributed by atoms with Gasteiger partial charge in [-0.1, -0.05) is 23.7 Å². The first-order valence-electron chi connectivity index (χ1n) is 7.69. The van der Waals surface area contributed by atoms with E-state index < -0.39 is 15.9 Å². The molecule has 1 aromatic carbocycles. The van der Waals surface area contributed by atoms with Crippen LogP contribution in [-0.4, -0.2) is 36.5 Å². The first kappa shape index (κ1) is 18.3. The van der Waals surface area contributed by atoms with Gasteiger partial charge >= 0.3 is 0 Å². The molecule has 9 heteroatoms. The van der Waals surface area contributed by atoms with Gasteiger partial charge in [-0.15, -0.1) is 0 Å². The number of imidazole rings is 1. The second-order valence-corrected chi connectivity index (χ2v) is 8.01. The van der Waals surface area contributed by atoms with E-state index in [0.29, 0.717) is 19.3 Å². The maximum Gasteiger partial charge on any atom is 0.262 e. The molecule has 0 aliphatic carbocycles. The van der Waals surface area contributed by atoms with Gasteiger partial charge in [0.1, 0.15) is 31.5 Å². The predicted octanol–water partition coefficient (Wildman–Crippen LogP) is 0.952. The molecule has 0 unspecified atom stereocenters. The van der Waals surface area contributed by atoms with Gasteiger partial charge in [0.15, 0.2) is 0 Å². The van der Waals surface area contributed by atoms with Crippen LogP contribution < -0.4 is 4.57 Å². The Morgan fingerprint density at radius 3 is 2.64 bits per heavy atom. The van der Waals surface area contributed by atoms with Gasteiger partial charge in [0.25, 0.3) is 5.82 Å². The number of hydrogen-bond acceptors (Lipinski definition) is 5. The Labute approximate surface area is 151 Å². The minimum Gasteiger partial charge on any atom is -0.748 e. The summed E-state index contributed by atoms with van der Waals surface area (Å²) >= 11 is 5.98. The summed E-state index contributed by atoms with van der Waals surface area (Å²) in [5, 5.41) is 0.724. The van der Waals surface area contributed by atoms with Gasteiger partial charge in [-0.05, 0) is 12.1 Å². The van der Waals surface area contributed by atoms with E-state index in [9.17, 15) is 0 Å². The highest BCUT2D eigenvalue weighted by molar-refractivity contribution is 7.84. The zero-order valence-electron chi connectivity index (χ0n) is 13.9. The number of ether oxygens (including phenoxy) is 2. The second-order valence-electron chi connectivity index (χ2n) is 6.17. The van der Waals surface area contributed by atoms with Gasteiger partial charge in [0.05, 0.1) is 23.8 Å². The van der Waals surface area contributed by atoms with E-state index in [1.807, 2.05) is 24.3 Å². The van der Waals surface area contributed by atoms with Crippen molar-refractivity contribution in [2.75, 3.05) is 12.9 Å². The van der Waals surface area contributed by atoms with E-state index >= 15 is 0 Å². The lowest BCUT2D eigenvalue weighted by molar-refractivity contribution is -0.680. The van der Waals surface area contributed by atoms with Crippen molar-refractivity contribution in [3.63, 3.8) is 0 Å². The summed E-state index contributed by atoms with van der Waals surface area (Å²) in [6.07, 6.45) is 5.59. The van der Waals surface area contributed by atoms with Crippen molar-refractivity contribution in [3.05, 3.63) is 53.1 Å². The van der Waals surface area contributed by atoms with E-state index in [1.165, 1.54) is 5.82 Å². The van der Waals surface area contributed by atoms with Crippen LogP contribution in [-0.2, 0) is 45.4 Å². The summed E-state index contributed by atoms with van der Waals surface area (Å²) in [6, 6.07) is 7.75. The molecule has 4 rings (SSSR count). The molecule has 25 heavy (non-hydrogen) atoms. The first-order chi connectivity index (χ1) is 11.7. The standard InChI is InChI=1S/C15H16ClN2O2.CH4O3S/c1-17-6-7-18-9-13-10-19-15(20-13,8-14(17)18)11-2-4-12(16)5-3-11;1-5(2,3)4/h2-7,13H,8-10H2,1H3;1H3,(H,2,3,4)/q+1;/p-1/t13-,15-;/m1./s1. The maximum absolute atomic E-state index is 9.08. The van der Waals surface area contributed by atoms with Gasteiger partial charge < -0.3 is 14.0 Å². The number of hydrogen-bond donors (Lipinski definition) is 0. The molecule has 0 spiro atoms. The van der Waals surface area contributed by atoms with Crippen molar-refractivity contribution in [2.24, 2.45) is 7.05 Å². The van der Waals surface area contributed by atoms with E-state index in [4.69, 9.17) is 34.0 Å². The van der Waals surface area contributed by atoms with Gasteiger partial charge in [0, 0.05) is 16.8 Å². The van der Waals surface area contributed by atoms with E-state index in [1.54, 1.807) is 0 Å². The highest BCUT2D eigenvalue weighted by atomic mass is 35.5. The fourth-order valence-corrected chi connectivity index (χ4v) is 3.21. The molecule has 0 radical (unpaired) electrons. The Morgan fingerprint density at radius 1 is 1.36 bits per heavy atom. The molecule has 1 fully saturated rings. The molecule has 0 amide bonds. The third kappa shape index (κ3) is 4.21. The number of rotatable bonds is 1. The molecule has 136 valence electrons. The SMILES string of the molecule is CS(=O)(=O)[O-].C[n+]1ccn2c1C[C@@]1(c3ccc(Cl)cc3)OC[C@@H](C2)O1. The summed E-state index contributed by atoms with van der Waals surface area (Å²) in [7, 11) is -1.86. The smallest absolute Gasteiger partial charge is 0.262 e. The average Bonchev–Trinajstić information content (AvgIpc) is 2.99. The van der Waals surface area contributed by atoms with E-state index in [-0.39, 0.29) is 6.10 Å². The largest absolute Gasteiger partial charge is 0.748 e. The number of halogens is 1. The van der Waals surface area contributed by atoms with Gasteiger partial charge in [0.2, 0.25) is 5.79 Å². The van der Waals surface area contributed by atoms with Gasteiger partial charge in [-0.25, -0.2) is 17.6 Å². The third-order valence-electron chi connectivity index (χ3n) is 4.14. The molecule has 2 atom stereocenters. The summed E-state index contributed by atoms with van der Waals surface area (Å²) in [4.78, 5) is 0. The lowest BCUT2D eigenvalue weighted by atomic mass is 10.0. The highest BCUT2D eigenvalue weighted by Gasteiger charge is 2.49. The monoisotopic (exact) mass is 386 g/mol. The van der Waals surface area contributed by atoms with Crippen LogP contribution in [0.25, 0.3) is 0 Å². The Morgan fingerprint density at radius 2 is 2.00 bits per heavy atom. The van der Waals surface area contributed by atoms with Crippen LogP contribution in [0, 0.1) is 0 Å². The lowest BCUT2D eigenvalue weighted by Crippen LogP contribution is -2.39. The number of benzene rings is 1.